The Bertz CT molecular complexity index is 525. The first kappa shape index (κ1) is 21.4. The Morgan fingerprint density at radius 1 is 1.20 bits per heavy atom. The molecule has 0 saturated heterocycles. The van der Waals surface area contributed by atoms with Crippen molar-refractivity contribution in [1.82, 2.24) is 10.2 Å². The van der Waals surface area contributed by atoms with Crippen LogP contribution >= 0.6 is 0 Å². The molecule has 0 saturated carbocycles. The van der Waals surface area contributed by atoms with Crippen molar-refractivity contribution in [3.63, 3.8) is 0 Å². The molecule has 2 atom stereocenters. The van der Waals surface area contributed by atoms with Gasteiger partial charge in [0.15, 0.2) is 0 Å². The molecular weight excluding hydrogens is 331 g/mol. The second kappa shape index (κ2) is 9.77. The van der Waals surface area contributed by atoms with E-state index in [1.54, 1.807) is 0 Å². The van der Waals surface area contributed by atoms with Crippen molar-refractivity contribution in [2.24, 2.45) is 5.73 Å². The molecule has 0 radical (unpaired) electrons. The first-order valence-corrected chi connectivity index (χ1v) is 8.62. The molecule has 25 heavy (non-hydrogen) atoms. The molecule has 0 aliphatic rings. The number of nitrogens with one attached hydrogen (secondary N) is 1. The fourth-order valence-corrected chi connectivity index (χ4v) is 2.67. The van der Waals surface area contributed by atoms with Gasteiger partial charge in [0.05, 0.1) is 11.6 Å². The summed E-state index contributed by atoms with van der Waals surface area (Å²) in [5, 5.41) is 2.87. The van der Waals surface area contributed by atoms with Gasteiger partial charge in [0.2, 0.25) is 5.91 Å². The SMILES string of the molecule is CCN(CC)C(CNC(=O)CCC(C)N)c1ccc(C(F)(F)F)cc1. The van der Waals surface area contributed by atoms with E-state index < -0.39 is 11.7 Å². The summed E-state index contributed by atoms with van der Waals surface area (Å²) < 4.78 is 38.2. The number of hydrogen-bond acceptors (Lipinski definition) is 3. The van der Waals surface area contributed by atoms with Crippen molar-refractivity contribution < 1.29 is 18.0 Å². The van der Waals surface area contributed by atoms with E-state index in [4.69, 9.17) is 5.73 Å². The second-order valence-corrected chi connectivity index (χ2v) is 6.18. The Hall–Kier alpha value is -1.60. The third-order valence-electron chi connectivity index (χ3n) is 4.20. The van der Waals surface area contributed by atoms with E-state index in [0.717, 1.165) is 30.8 Å². The lowest BCUT2D eigenvalue weighted by Crippen LogP contribution is -2.38. The molecular formula is C18H28F3N3O. The van der Waals surface area contributed by atoms with E-state index in [9.17, 15) is 18.0 Å². The Balaban J connectivity index is 2.85. The molecule has 2 unspecified atom stereocenters. The quantitative estimate of drug-likeness (QED) is 0.711. The van der Waals surface area contributed by atoms with Crippen LogP contribution in [0.2, 0.25) is 0 Å². The van der Waals surface area contributed by atoms with Gasteiger partial charge in [-0.25, -0.2) is 0 Å². The van der Waals surface area contributed by atoms with Crippen LogP contribution in [0.5, 0.6) is 0 Å². The van der Waals surface area contributed by atoms with Gasteiger partial charge in [-0.3, -0.25) is 9.69 Å². The van der Waals surface area contributed by atoms with E-state index in [-0.39, 0.29) is 18.0 Å². The third-order valence-corrected chi connectivity index (χ3v) is 4.20. The number of nitrogens with zero attached hydrogens (tertiary/aromatic N) is 1. The van der Waals surface area contributed by atoms with Crippen molar-refractivity contribution >= 4 is 5.91 Å². The number of alkyl halides is 3. The maximum Gasteiger partial charge on any atom is 0.416 e. The number of nitrogens with two attached hydrogens (primary N) is 1. The van der Waals surface area contributed by atoms with Crippen molar-refractivity contribution in [2.75, 3.05) is 19.6 Å². The van der Waals surface area contributed by atoms with Crippen LogP contribution in [0.15, 0.2) is 24.3 Å². The summed E-state index contributed by atoms with van der Waals surface area (Å²) >= 11 is 0. The Morgan fingerprint density at radius 2 is 1.76 bits per heavy atom. The number of likely N-dealkylation sites (N-methyl/N-ethyl adjacent to an activating group) is 1. The molecule has 0 bridgehead atoms. The molecule has 142 valence electrons. The lowest BCUT2D eigenvalue weighted by Gasteiger charge is -2.30. The molecule has 4 nitrogen and oxygen atoms in total. The standard InChI is InChI=1S/C18H28F3N3O/c1-4-24(5-2)16(12-23-17(25)11-6-13(3)22)14-7-9-15(10-8-14)18(19,20)21/h7-10,13,16H,4-6,11-12,22H2,1-3H3,(H,23,25). The van der Waals surface area contributed by atoms with Gasteiger partial charge in [0, 0.05) is 19.0 Å². The summed E-state index contributed by atoms with van der Waals surface area (Å²) in [5.41, 5.74) is 5.73. The van der Waals surface area contributed by atoms with E-state index in [1.807, 2.05) is 20.8 Å². The van der Waals surface area contributed by atoms with E-state index >= 15 is 0 Å². The molecule has 0 aliphatic heterocycles. The number of rotatable bonds is 9. The first-order valence-electron chi connectivity index (χ1n) is 8.62. The van der Waals surface area contributed by atoms with Crippen LogP contribution in [0, 0.1) is 0 Å². The molecule has 3 N–H and O–H groups in total. The molecule has 1 amide bonds. The molecule has 0 heterocycles. The fourth-order valence-electron chi connectivity index (χ4n) is 2.67. The Labute approximate surface area is 147 Å². The van der Waals surface area contributed by atoms with Crippen LogP contribution in [0.4, 0.5) is 13.2 Å². The topological polar surface area (TPSA) is 58.4 Å². The zero-order valence-electron chi connectivity index (χ0n) is 15.1. The minimum absolute atomic E-state index is 0.0424. The average molecular weight is 359 g/mol. The van der Waals surface area contributed by atoms with Gasteiger partial charge in [-0.1, -0.05) is 26.0 Å². The summed E-state index contributed by atoms with van der Waals surface area (Å²) in [5.74, 6) is -0.0960. The summed E-state index contributed by atoms with van der Waals surface area (Å²) in [4.78, 5) is 14.0. The van der Waals surface area contributed by atoms with Crippen molar-refractivity contribution in [1.29, 1.82) is 0 Å². The minimum atomic E-state index is -4.35. The van der Waals surface area contributed by atoms with Crippen LogP contribution < -0.4 is 11.1 Å². The smallest absolute Gasteiger partial charge is 0.354 e. The van der Waals surface area contributed by atoms with Crippen LogP contribution in [0.3, 0.4) is 0 Å². The van der Waals surface area contributed by atoms with Gasteiger partial charge in [0.25, 0.3) is 0 Å². The number of amides is 1. The number of carbonyl (C=O) groups excluding carboxylic acids is 1. The lowest BCUT2D eigenvalue weighted by atomic mass is 10.0. The van der Waals surface area contributed by atoms with Crippen molar-refractivity contribution in [3.8, 4) is 0 Å². The molecule has 0 aliphatic carbocycles. The number of carbonyl (C=O) groups is 1. The normalized spacial score (nSPS) is 14.4. The highest BCUT2D eigenvalue weighted by molar-refractivity contribution is 5.75. The van der Waals surface area contributed by atoms with Gasteiger partial charge in [-0.05, 0) is 44.1 Å². The molecule has 1 rings (SSSR count). The third kappa shape index (κ3) is 7.04. The summed E-state index contributed by atoms with van der Waals surface area (Å²) in [6.45, 7) is 7.63. The lowest BCUT2D eigenvalue weighted by molar-refractivity contribution is -0.137. The number of benzene rings is 1. The Kier molecular flexibility index (Phi) is 8.38. The zero-order valence-corrected chi connectivity index (χ0v) is 15.1. The highest BCUT2D eigenvalue weighted by Gasteiger charge is 2.30. The molecule has 7 heteroatoms. The van der Waals surface area contributed by atoms with Gasteiger partial charge in [0.1, 0.15) is 0 Å². The van der Waals surface area contributed by atoms with E-state index in [0.29, 0.717) is 19.4 Å². The highest BCUT2D eigenvalue weighted by Crippen LogP contribution is 2.30. The monoisotopic (exact) mass is 359 g/mol. The predicted molar refractivity (Wildman–Crippen MR) is 93.0 cm³/mol. The molecule has 0 fully saturated rings. The van der Waals surface area contributed by atoms with E-state index in [1.165, 1.54) is 12.1 Å². The van der Waals surface area contributed by atoms with Crippen molar-refractivity contribution in [2.45, 2.75) is 51.9 Å². The minimum Gasteiger partial charge on any atom is -0.354 e. The maximum atomic E-state index is 12.7. The molecule has 1 aromatic carbocycles. The fraction of sp³-hybridized carbons (Fsp3) is 0.611. The zero-order chi connectivity index (χ0) is 19.0. The van der Waals surface area contributed by atoms with Crippen LogP contribution in [-0.4, -0.2) is 36.5 Å². The second-order valence-electron chi connectivity index (χ2n) is 6.18. The van der Waals surface area contributed by atoms with Gasteiger partial charge < -0.3 is 11.1 Å². The Morgan fingerprint density at radius 3 is 2.20 bits per heavy atom. The maximum absolute atomic E-state index is 12.7. The van der Waals surface area contributed by atoms with Crippen molar-refractivity contribution in [3.05, 3.63) is 35.4 Å². The van der Waals surface area contributed by atoms with Gasteiger partial charge in [-0.15, -0.1) is 0 Å². The predicted octanol–water partition coefficient (Wildman–Crippen LogP) is 3.33. The van der Waals surface area contributed by atoms with Gasteiger partial charge >= 0.3 is 6.18 Å². The molecule has 0 spiro atoms. The van der Waals surface area contributed by atoms with E-state index in [2.05, 4.69) is 10.2 Å². The van der Waals surface area contributed by atoms with Gasteiger partial charge in [-0.2, -0.15) is 13.2 Å². The average Bonchev–Trinajstić information content (AvgIpc) is 2.56. The first-order chi connectivity index (χ1) is 11.7. The number of halogens is 3. The van der Waals surface area contributed by atoms with Crippen LogP contribution in [0.25, 0.3) is 0 Å². The largest absolute Gasteiger partial charge is 0.416 e. The van der Waals surface area contributed by atoms with Crippen LogP contribution in [-0.2, 0) is 11.0 Å². The number of hydrogen-bond donors (Lipinski definition) is 2. The molecule has 1 aromatic rings. The highest BCUT2D eigenvalue weighted by atomic mass is 19.4. The summed E-state index contributed by atoms with van der Waals surface area (Å²) in [7, 11) is 0. The summed E-state index contributed by atoms with van der Waals surface area (Å²) in [6.07, 6.45) is -3.41. The summed E-state index contributed by atoms with van der Waals surface area (Å²) in [6, 6.07) is 4.93. The molecule has 0 aromatic heterocycles. The van der Waals surface area contributed by atoms with Crippen LogP contribution in [0.1, 0.15) is 50.8 Å².